The zero-order valence-corrected chi connectivity index (χ0v) is 10.9. The first-order valence-electron chi connectivity index (χ1n) is 6.56. The lowest BCUT2D eigenvalue weighted by Crippen LogP contribution is -2.50. The smallest absolute Gasteiger partial charge is 0.243 e. The van der Waals surface area contributed by atoms with Crippen molar-refractivity contribution < 1.29 is 15.4 Å². The Morgan fingerprint density at radius 2 is 1.83 bits per heavy atom. The molecule has 0 aliphatic rings. The minimum Gasteiger partial charge on any atom is -0.358 e. The van der Waals surface area contributed by atoms with Gasteiger partial charge < -0.3 is 5.73 Å². The van der Waals surface area contributed by atoms with E-state index in [0.29, 0.717) is 13.0 Å². The van der Waals surface area contributed by atoms with Gasteiger partial charge in [-0.1, -0.05) is 36.8 Å². The first-order chi connectivity index (χ1) is 8.83. The number of hydrogen-bond donors (Lipinski definition) is 2. The highest BCUT2D eigenvalue weighted by Crippen LogP contribution is 2.02. The van der Waals surface area contributed by atoms with E-state index in [0.717, 1.165) is 37.8 Å². The SMILES string of the molecule is [NH3+]CCCCCCC(=O)NOCc1ccccc1. The summed E-state index contributed by atoms with van der Waals surface area (Å²) < 4.78 is 0. The Kier molecular flexibility index (Phi) is 7.84. The van der Waals surface area contributed by atoms with Crippen LogP contribution in [0.1, 0.15) is 37.7 Å². The molecule has 0 atom stereocenters. The normalized spacial score (nSPS) is 10.3. The van der Waals surface area contributed by atoms with Gasteiger partial charge in [-0.3, -0.25) is 9.63 Å². The molecule has 0 radical (unpaired) electrons. The van der Waals surface area contributed by atoms with Crippen molar-refractivity contribution in [3.8, 4) is 0 Å². The van der Waals surface area contributed by atoms with Gasteiger partial charge in [-0.25, -0.2) is 5.48 Å². The van der Waals surface area contributed by atoms with E-state index in [1.165, 1.54) is 0 Å². The number of hydroxylamine groups is 1. The Morgan fingerprint density at radius 3 is 2.56 bits per heavy atom. The van der Waals surface area contributed by atoms with Crippen LogP contribution in [-0.4, -0.2) is 12.5 Å². The highest BCUT2D eigenvalue weighted by molar-refractivity contribution is 5.74. The molecule has 1 amide bonds. The minimum atomic E-state index is -0.0412. The van der Waals surface area contributed by atoms with Crippen molar-refractivity contribution >= 4 is 5.91 Å². The molecule has 1 rings (SSSR count). The fourth-order valence-electron chi connectivity index (χ4n) is 1.64. The monoisotopic (exact) mass is 251 g/mol. The zero-order chi connectivity index (χ0) is 13.1. The lowest BCUT2D eigenvalue weighted by Gasteiger charge is -2.05. The number of benzene rings is 1. The van der Waals surface area contributed by atoms with Crippen LogP contribution in [0.3, 0.4) is 0 Å². The van der Waals surface area contributed by atoms with Crippen molar-refractivity contribution in [1.29, 1.82) is 0 Å². The summed E-state index contributed by atoms with van der Waals surface area (Å²) in [7, 11) is 0. The Labute approximate surface area is 108 Å². The predicted octanol–water partition coefficient (Wildman–Crippen LogP) is 1.43. The lowest BCUT2D eigenvalue weighted by molar-refractivity contribution is -0.368. The zero-order valence-electron chi connectivity index (χ0n) is 10.9. The van der Waals surface area contributed by atoms with Gasteiger partial charge in [0.15, 0.2) is 0 Å². The summed E-state index contributed by atoms with van der Waals surface area (Å²) in [6.45, 7) is 1.39. The van der Waals surface area contributed by atoms with Gasteiger partial charge in [-0.05, 0) is 24.8 Å². The highest BCUT2D eigenvalue weighted by atomic mass is 16.6. The molecule has 0 fully saturated rings. The first kappa shape index (κ1) is 14.7. The van der Waals surface area contributed by atoms with Crippen LogP contribution in [0.4, 0.5) is 0 Å². The molecule has 0 heterocycles. The fraction of sp³-hybridized carbons (Fsp3) is 0.500. The van der Waals surface area contributed by atoms with Crippen molar-refractivity contribution in [3.63, 3.8) is 0 Å². The van der Waals surface area contributed by atoms with Gasteiger partial charge in [0, 0.05) is 6.42 Å². The molecular formula is C14H23N2O2+. The van der Waals surface area contributed by atoms with Gasteiger partial charge in [-0.2, -0.15) is 0 Å². The van der Waals surface area contributed by atoms with Gasteiger partial charge >= 0.3 is 0 Å². The Morgan fingerprint density at radius 1 is 1.11 bits per heavy atom. The fourth-order valence-corrected chi connectivity index (χ4v) is 1.64. The van der Waals surface area contributed by atoms with E-state index in [2.05, 4.69) is 11.2 Å². The second-order valence-corrected chi connectivity index (χ2v) is 4.32. The quantitative estimate of drug-likeness (QED) is 0.515. The van der Waals surface area contributed by atoms with E-state index >= 15 is 0 Å². The van der Waals surface area contributed by atoms with Gasteiger partial charge in [0.25, 0.3) is 0 Å². The van der Waals surface area contributed by atoms with Crippen molar-refractivity contribution in [3.05, 3.63) is 35.9 Å². The summed E-state index contributed by atoms with van der Waals surface area (Å²) in [5, 5.41) is 0. The predicted molar refractivity (Wildman–Crippen MR) is 70.2 cm³/mol. The highest BCUT2D eigenvalue weighted by Gasteiger charge is 2.01. The van der Waals surface area contributed by atoms with Crippen molar-refractivity contribution in [1.82, 2.24) is 5.48 Å². The summed E-state index contributed by atoms with van der Waals surface area (Å²) >= 11 is 0. The summed E-state index contributed by atoms with van der Waals surface area (Å²) in [4.78, 5) is 16.6. The Balaban J connectivity index is 2.00. The van der Waals surface area contributed by atoms with Crippen LogP contribution < -0.4 is 11.2 Å². The van der Waals surface area contributed by atoms with Gasteiger partial charge in [0.2, 0.25) is 5.91 Å². The van der Waals surface area contributed by atoms with E-state index in [4.69, 9.17) is 4.84 Å². The molecule has 0 aliphatic carbocycles. The van der Waals surface area contributed by atoms with Crippen LogP contribution in [0.2, 0.25) is 0 Å². The number of quaternary nitrogens is 1. The molecule has 0 saturated carbocycles. The number of unbranched alkanes of at least 4 members (excludes halogenated alkanes) is 3. The maximum atomic E-state index is 11.4. The molecule has 0 bridgehead atoms. The van der Waals surface area contributed by atoms with E-state index in [9.17, 15) is 4.79 Å². The topological polar surface area (TPSA) is 66.0 Å². The average molecular weight is 251 g/mol. The van der Waals surface area contributed by atoms with Crippen molar-refractivity contribution in [2.24, 2.45) is 0 Å². The van der Waals surface area contributed by atoms with Crippen LogP contribution in [0.25, 0.3) is 0 Å². The summed E-state index contributed by atoms with van der Waals surface area (Å²) in [6.07, 6.45) is 4.84. The number of nitrogens with one attached hydrogen (secondary N) is 1. The molecule has 0 spiro atoms. The molecule has 1 aromatic rings. The number of carbonyl (C=O) groups excluding carboxylic acids is 1. The average Bonchev–Trinajstić information content (AvgIpc) is 2.40. The van der Waals surface area contributed by atoms with E-state index in [1.54, 1.807) is 0 Å². The lowest BCUT2D eigenvalue weighted by atomic mass is 10.1. The van der Waals surface area contributed by atoms with Crippen molar-refractivity contribution in [2.45, 2.75) is 38.7 Å². The first-order valence-corrected chi connectivity index (χ1v) is 6.56. The van der Waals surface area contributed by atoms with E-state index < -0.39 is 0 Å². The van der Waals surface area contributed by atoms with Crippen molar-refractivity contribution in [2.75, 3.05) is 6.54 Å². The Bertz CT molecular complexity index is 328. The molecule has 100 valence electrons. The molecule has 1 aromatic carbocycles. The largest absolute Gasteiger partial charge is 0.358 e. The molecule has 4 nitrogen and oxygen atoms in total. The number of amides is 1. The summed E-state index contributed by atoms with van der Waals surface area (Å²) in [5.41, 5.74) is 7.31. The third-order valence-electron chi connectivity index (χ3n) is 2.67. The number of hydrogen-bond acceptors (Lipinski definition) is 2. The summed E-state index contributed by atoms with van der Waals surface area (Å²) in [5.74, 6) is -0.0412. The van der Waals surface area contributed by atoms with Gasteiger partial charge in [-0.15, -0.1) is 0 Å². The van der Waals surface area contributed by atoms with Crippen LogP contribution in [-0.2, 0) is 16.2 Å². The standard InChI is InChI=1S/C14H22N2O2/c15-11-7-2-1-6-10-14(17)16-18-12-13-8-4-3-5-9-13/h3-5,8-9H,1-2,6-7,10-12,15H2,(H,16,17)/p+1. The van der Waals surface area contributed by atoms with Crippen LogP contribution in [0.15, 0.2) is 30.3 Å². The van der Waals surface area contributed by atoms with Gasteiger partial charge in [0.1, 0.15) is 0 Å². The summed E-state index contributed by atoms with van der Waals surface area (Å²) in [6, 6.07) is 9.77. The molecule has 0 unspecified atom stereocenters. The Hall–Kier alpha value is -1.39. The molecule has 0 aromatic heterocycles. The van der Waals surface area contributed by atoms with Crippen LogP contribution in [0, 0.1) is 0 Å². The molecule has 4 heteroatoms. The third-order valence-corrected chi connectivity index (χ3v) is 2.67. The number of rotatable bonds is 9. The maximum Gasteiger partial charge on any atom is 0.243 e. The second-order valence-electron chi connectivity index (χ2n) is 4.32. The molecular weight excluding hydrogens is 228 g/mol. The van der Waals surface area contributed by atoms with Crippen LogP contribution >= 0.6 is 0 Å². The second kappa shape index (κ2) is 9.62. The third kappa shape index (κ3) is 7.04. The van der Waals surface area contributed by atoms with Gasteiger partial charge in [0.05, 0.1) is 13.2 Å². The maximum absolute atomic E-state index is 11.4. The molecule has 4 N–H and O–H groups in total. The minimum absolute atomic E-state index is 0.0412. The number of carbonyl (C=O) groups is 1. The molecule has 0 aliphatic heterocycles. The van der Waals surface area contributed by atoms with Crippen LogP contribution in [0.5, 0.6) is 0 Å². The van der Waals surface area contributed by atoms with E-state index in [-0.39, 0.29) is 5.91 Å². The molecule has 18 heavy (non-hydrogen) atoms. The molecule has 0 saturated heterocycles. The van der Waals surface area contributed by atoms with E-state index in [1.807, 2.05) is 30.3 Å².